The Morgan fingerprint density at radius 2 is 1.95 bits per heavy atom. The molecule has 1 heterocycles. The van der Waals surface area contributed by atoms with Crippen LogP contribution in [0.4, 0.5) is 5.69 Å². The highest BCUT2D eigenvalue weighted by Gasteiger charge is 2.08. The van der Waals surface area contributed by atoms with Crippen molar-refractivity contribution in [2.45, 2.75) is 26.2 Å². The summed E-state index contributed by atoms with van der Waals surface area (Å²) in [7, 11) is 0. The molecular formula is C16H17BrN2O. The molecule has 20 heavy (non-hydrogen) atoms. The third-order valence-corrected chi connectivity index (χ3v) is 3.74. The first-order chi connectivity index (χ1) is 9.60. The van der Waals surface area contributed by atoms with Gasteiger partial charge in [-0.05, 0) is 58.1 Å². The van der Waals surface area contributed by atoms with Crippen LogP contribution in [-0.2, 0) is 0 Å². The average Bonchev–Trinajstić information content (AvgIpc) is 2.47. The van der Waals surface area contributed by atoms with Crippen LogP contribution in [0.15, 0.2) is 47.1 Å². The fourth-order valence-corrected chi connectivity index (χ4v) is 2.20. The Labute approximate surface area is 127 Å². The second-order valence-electron chi connectivity index (χ2n) is 4.73. The zero-order valence-corrected chi connectivity index (χ0v) is 13.1. The minimum atomic E-state index is -0.206. The van der Waals surface area contributed by atoms with E-state index in [0.29, 0.717) is 16.2 Å². The molecule has 1 amide bonds. The molecule has 4 heteroatoms. The summed E-state index contributed by atoms with van der Waals surface area (Å²) in [5.41, 5.74) is 2.46. The number of rotatable bonds is 4. The number of pyridine rings is 1. The van der Waals surface area contributed by atoms with Crippen LogP contribution in [0.1, 0.15) is 42.2 Å². The lowest BCUT2D eigenvalue weighted by molar-refractivity contribution is 0.102. The minimum absolute atomic E-state index is 0.206. The van der Waals surface area contributed by atoms with Crippen LogP contribution in [-0.4, -0.2) is 10.9 Å². The zero-order chi connectivity index (χ0) is 14.5. The molecule has 1 unspecified atom stereocenters. The lowest BCUT2D eigenvalue weighted by atomic mass is 9.99. The standard InChI is InChI=1S/C16H17BrN2O/c1-3-11(2)12-7-9-13(10-8-12)18-16(20)14-5-4-6-15(17)19-14/h4-11H,3H2,1-2H3,(H,18,20). The number of amides is 1. The topological polar surface area (TPSA) is 42.0 Å². The molecule has 0 aliphatic rings. The SMILES string of the molecule is CCC(C)c1ccc(NC(=O)c2cccc(Br)n2)cc1. The first-order valence-electron chi connectivity index (χ1n) is 6.64. The van der Waals surface area contributed by atoms with Crippen LogP contribution in [0.2, 0.25) is 0 Å². The Morgan fingerprint density at radius 1 is 1.25 bits per heavy atom. The predicted molar refractivity (Wildman–Crippen MR) is 85.0 cm³/mol. The number of nitrogens with one attached hydrogen (secondary N) is 1. The molecule has 1 atom stereocenters. The normalized spacial score (nSPS) is 11.9. The van der Waals surface area contributed by atoms with Gasteiger partial charge in [0.25, 0.3) is 5.91 Å². The fraction of sp³-hybridized carbons (Fsp3) is 0.250. The van der Waals surface area contributed by atoms with E-state index in [2.05, 4.69) is 52.2 Å². The van der Waals surface area contributed by atoms with Crippen LogP contribution in [0.5, 0.6) is 0 Å². The molecule has 0 spiro atoms. The van der Waals surface area contributed by atoms with Gasteiger partial charge >= 0.3 is 0 Å². The molecule has 0 saturated carbocycles. The van der Waals surface area contributed by atoms with Gasteiger partial charge in [-0.15, -0.1) is 0 Å². The van der Waals surface area contributed by atoms with Gasteiger partial charge in [-0.2, -0.15) is 0 Å². The second kappa shape index (κ2) is 6.66. The van der Waals surface area contributed by atoms with Crippen molar-refractivity contribution in [1.29, 1.82) is 0 Å². The Balaban J connectivity index is 2.08. The molecule has 1 aromatic carbocycles. The molecule has 1 aromatic heterocycles. The van der Waals surface area contributed by atoms with E-state index in [9.17, 15) is 4.79 Å². The summed E-state index contributed by atoms with van der Waals surface area (Å²) in [6, 6.07) is 13.2. The van der Waals surface area contributed by atoms with Crippen molar-refractivity contribution < 1.29 is 4.79 Å². The van der Waals surface area contributed by atoms with Gasteiger partial charge in [0.05, 0.1) is 0 Å². The van der Waals surface area contributed by atoms with Crippen molar-refractivity contribution in [2.75, 3.05) is 5.32 Å². The van der Waals surface area contributed by atoms with E-state index in [4.69, 9.17) is 0 Å². The highest BCUT2D eigenvalue weighted by Crippen LogP contribution is 2.20. The van der Waals surface area contributed by atoms with E-state index >= 15 is 0 Å². The summed E-state index contributed by atoms with van der Waals surface area (Å²) in [4.78, 5) is 16.2. The Morgan fingerprint density at radius 3 is 2.55 bits per heavy atom. The first-order valence-corrected chi connectivity index (χ1v) is 7.43. The molecular weight excluding hydrogens is 316 g/mol. The number of nitrogens with zero attached hydrogens (tertiary/aromatic N) is 1. The number of carbonyl (C=O) groups excluding carboxylic acids is 1. The van der Waals surface area contributed by atoms with Crippen LogP contribution in [0, 0.1) is 0 Å². The van der Waals surface area contributed by atoms with Gasteiger partial charge in [-0.25, -0.2) is 4.98 Å². The summed E-state index contributed by atoms with van der Waals surface area (Å²) in [5, 5.41) is 2.85. The fourth-order valence-electron chi connectivity index (χ4n) is 1.86. The Hall–Kier alpha value is -1.68. The van der Waals surface area contributed by atoms with E-state index in [1.807, 2.05) is 12.1 Å². The van der Waals surface area contributed by atoms with E-state index in [0.717, 1.165) is 12.1 Å². The van der Waals surface area contributed by atoms with Crippen LogP contribution in [0.25, 0.3) is 0 Å². The van der Waals surface area contributed by atoms with Crippen LogP contribution < -0.4 is 5.32 Å². The number of anilines is 1. The van der Waals surface area contributed by atoms with Gasteiger partial charge < -0.3 is 5.32 Å². The predicted octanol–water partition coefficient (Wildman–Crippen LogP) is 4.61. The third-order valence-electron chi connectivity index (χ3n) is 3.30. The summed E-state index contributed by atoms with van der Waals surface area (Å²) in [6.45, 7) is 4.36. The van der Waals surface area contributed by atoms with Crippen molar-refractivity contribution in [3.05, 3.63) is 58.3 Å². The molecule has 2 aromatic rings. The smallest absolute Gasteiger partial charge is 0.274 e. The van der Waals surface area contributed by atoms with Gasteiger partial charge in [-0.1, -0.05) is 32.0 Å². The summed E-state index contributed by atoms with van der Waals surface area (Å²) in [5.74, 6) is 0.328. The van der Waals surface area contributed by atoms with E-state index in [-0.39, 0.29) is 5.91 Å². The summed E-state index contributed by atoms with van der Waals surface area (Å²) >= 11 is 3.26. The molecule has 0 aliphatic heterocycles. The largest absolute Gasteiger partial charge is 0.321 e. The van der Waals surface area contributed by atoms with Crippen molar-refractivity contribution >= 4 is 27.5 Å². The zero-order valence-electron chi connectivity index (χ0n) is 11.6. The van der Waals surface area contributed by atoms with Gasteiger partial charge in [0.15, 0.2) is 0 Å². The highest BCUT2D eigenvalue weighted by atomic mass is 79.9. The summed E-state index contributed by atoms with van der Waals surface area (Å²) < 4.78 is 0.650. The number of benzene rings is 1. The van der Waals surface area contributed by atoms with Crippen molar-refractivity contribution in [2.24, 2.45) is 0 Å². The van der Waals surface area contributed by atoms with Gasteiger partial charge in [0, 0.05) is 5.69 Å². The van der Waals surface area contributed by atoms with Crippen molar-refractivity contribution in [1.82, 2.24) is 4.98 Å². The molecule has 1 N–H and O–H groups in total. The quantitative estimate of drug-likeness (QED) is 0.830. The van der Waals surface area contributed by atoms with E-state index < -0.39 is 0 Å². The van der Waals surface area contributed by atoms with E-state index in [1.165, 1.54) is 5.56 Å². The minimum Gasteiger partial charge on any atom is -0.321 e. The molecule has 104 valence electrons. The highest BCUT2D eigenvalue weighted by molar-refractivity contribution is 9.10. The molecule has 0 radical (unpaired) electrons. The monoisotopic (exact) mass is 332 g/mol. The number of halogens is 1. The van der Waals surface area contributed by atoms with Crippen molar-refractivity contribution in [3.8, 4) is 0 Å². The van der Waals surface area contributed by atoms with Gasteiger partial charge in [-0.3, -0.25) is 4.79 Å². The van der Waals surface area contributed by atoms with E-state index in [1.54, 1.807) is 18.2 Å². The van der Waals surface area contributed by atoms with Gasteiger partial charge in [0.2, 0.25) is 0 Å². The molecule has 0 fully saturated rings. The summed E-state index contributed by atoms with van der Waals surface area (Å²) in [6.07, 6.45) is 1.10. The maximum atomic E-state index is 12.0. The molecule has 3 nitrogen and oxygen atoms in total. The molecule has 0 bridgehead atoms. The number of carbonyl (C=O) groups is 1. The first kappa shape index (κ1) is 14.7. The lowest BCUT2D eigenvalue weighted by Crippen LogP contribution is -2.13. The van der Waals surface area contributed by atoms with Crippen LogP contribution in [0.3, 0.4) is 0 Å². The lowest BCUT2D eigenvalue weighted by Gasteiger charge is -2.10. The van der Waals surface area contributed by atoms with Crippen LogP contribution >= 0.6 is 15.9 Å². The molecule has 0 aliphatic carbocycles. The van der Waals surface area contributed by atoms with Gasteiger partial charge in [0.1, 0.15) is 10.3 Å². The number of aromatic nitrogens is 1. The molecule has 0 saturated heterocycles. The average molecular weight is 333 g/mol. The third kappa shape index (κ3) is 3.67. The van der Waals surface area contributed by atoms with Crippen molar-refractivity contribution in [3.63, 3.8) is 0 Å². The maximum absolute atomic E-state index is 12.0. The second-order valence-corrected chi connectivity index (χ2v) is 5.54. The maximum Gasteiger partial charge on any atom is 0.274 e. The molecule has 2 rings (SSSR count). The Kier molecular flexibility index (Phi) is 4.90. The Bertz CT molecular complexity index is 596. The number of hydrogen-bond donors (Lipinski definition) is 1. The number of hydrogen-bond acceptors (Lipinski definition) is 2.